The molecule has 0 aliphatic rings. The molecule has 0 heterocycles. The molecular weight excluding hydrogens is 286 g/mol. The van der Waals surface area contributed by atoms with Gasteiger partial charge in [0, 0.05) is 30.7 Å². The Bertz CT molecular complexity index is 598. The van der Waals surface area contributed by atoms with Crippen LogP contribution in [0.2, 0.25) is 0 Å². The van der Waals surface area contributed by atoms with Crippen LogP contribution in [-0.4, -0.2) is 18.2 Å². The van der Waals surface area contributed by atoms with Crippen molar-refractivity contribution in [3.8, 4) is 0 Å². The van der Waals surface area contributed by atoms with Crippen molar-refractivity contribution in [2.45, 2.75) is 33.4 Å². The molecule has 0 aliphatic heterocycles. The molecule has 1 rings (SSSR count). The van der Waals surface area contributed by atoms with Crippen molar-refractivity contribution in [3.63, 3.8) is 0 Å². The molecular formula is C19H25N3O. The van der Waals surface area contributed by atoms with Gasteiger partial charge in [-0.1, -0.05) is 31.4 Å². The highest BCUT2D eigenvalue weighted by Crippen LogP contribution is 2.18. The number of nitrogens with one attached hydrogen (secondary N) is 1. The van der Waals surface area contributed by atoms with Crippen LogP contribution in [0, 0.1) is 0 Å². The summed E-state index contributed by atoms with van der Waals surface area (Å²) < 4.78 is 0. The molecule has 1 N–H and O–H groups in total. The van der Waals surface area contributed by atoms with Crippen LogP contribution in [0.4, 0.5) is 5.69 Å². The molecule has 23 heavy (non-hydrogen) atoms. The van der Waals surface area contributed by atoms with Crippen LogP contribution in [0.3, 0.4) is 0 Å². The number of carbonyl (C=O) groups is 1. The zero-order chi connectivity index (χ0) is 17.2. The highest BCUT2D eigenvalue weighted by atomic mass is 16.1. The number of anilines is 1. The van der Waals surface area contributed by atoms with Gasteiger partial charge in [-0.3, -0.25) is 9.79 Å². The van der Waals surface area contributed by atoms with Crippen molar-refractivity contribution in [1.82, 2.24) is 5.32 Å². The smallest absolute Gasteiger partial charge is 0.252 e. The molecule has 122 valence electrons. The van der Waals surface area contributed by atoms with Crippen molar-refractivity contribution < 1.29 is 4.79 Å². The van der Waals surface area contributed by atoms with E-state index in [9.17, 15) is 4.79 Å². The molecule has 0 saturated heterocycles. The van der Waals surface area contributed by atoms with Crippen LogP contribution in [-0.2, 0) is 11.3 Å². The molecule has 0 radical (unpaired) electrons. The zero-order valence-electron chi connectivity index (χ0n) is 14.1. The topological polar surface area (TPSA) is 44.7 Å². The summed E-state index contributed by atoms with van der Waals surface area (Å²) in [6, 6.07) is 8.40. The maximum atomic E-state index is 12.0. The molecule has 0 aromatic heterocycles. The third-order valence-corrected chi connectivity index (χ3v) is 3.33. The molecule has 4 nitrogen and oxygen atoms in total. The summed E-state index contributed by atoms with van der Waals surface area (Å²) in [6.45, 7) is 13.8. The normalized spacial score (nSPS) is 11.6. The maximum absolute atomic E-state index is 12.0. The van der Waals surface area contributed by atoms with E-state index in [4.69, 9.17) is 0 Å². The van der Waals surface area contributed by atoms with Crippen LogP contribution in [0.25, 0.3) is 0 Å². The van der Waals surface area contributed by atoms with E-state index in [1.807, 2.05) is 30.5 Å². The second kappa shape index (κ2) is 9.41. The molecule has 1 amide bonds. The summed E-state index contributed by atoms with van der Waals surface area (Å²) in [4.78, 5) is 18.0. The van der Waals surface area contributed by atoms with E-state index >= 15 is 0 Å². The van der Waals surface area contributed by atoms with Gasteiger partial charge in [0.1, 0.15) is 0 Å². The molecule has 4 heteroatoms. The fraction of sp³-hybridized carbons (Fsp3) is 0.263. The fourth-order valence-corrected chi connectivity index (χ4v) is 2.08. The van der Waals surface area contributed by atoms with E-state index in [-0.39, 0.29) is 5.91 Å². The molecule has 0 unspecified atom stereocenters. The molecule has 1 aromatic carbocycles. The van der Waals surface area contributed by atoms with Gasteiger partial charge < -0.3 is 10.2 Å². The second-order valence-electron chi connectivity index (χ2n) is 5.24. The highest BCUT2D eigenvalue weighted by molar-refractivity contribution is 6.12. The standard InChI is InChI=1S/C19H25N3O/c1-6-17(14-20-7-2)19(23)21-13-16-9-11-18(12-10-16)22(8-3)15(4)5/h6-12,14-15H,2-3,13H2,1,4-5H3,(H,21,23)/b17-6+,20-14-. The Morgan fingerprint density at radius 2 is 1.96 bits per heavy atom. The Labute approximate surface area is 138 Å². The second-order valence-corrected chi connectivity index (χ2v) is 5.24. The molecule has 0 atom stereocenters. The Hall–Kier alpha value is -2.62. The van der Waals surface area contributed by atoms with Gasteiger partial charge in [-0.2, -0.15) is 0 Å². The van der Waals surface area contributed by atoms with Crippen LogP contribution in [0.15, 0.2) is 66.5 Å². The Balaban J connectivity index is 2.69. The molecule has 0 fully saturated rings. The minimum atomic E-state index is -0.155. The first-order valence-electron chi connectivity index (χ1n) is 7.61. The summed E-state index contributed by atoms with van der Waals surface area (Å²) in [5.41, 5.74) is 2.63. The first-order valence-corrected chi connectivity index (χ1v) is 7.61. The summed E-state index contributed by atoms with van der Waals surface area (Å²) in [7, 11) is 0. The minimum absolute atomic E-state index is 0.155. The van der Waals surface area contributed by atoms with E-state index in [0.717, 1.165) is 11.3 Å². The Morgan fingerprint density at radius 3 is 2.43 bits per heavy atom. The van der Waals surface area contributed by atoms with Crippen LogP contribution in [0.5, 0.6) is 0 Å². The van der Waals surface area contributed by atoms with E-state index in [0.29, 0.717) is 18.2 Å². The Kier molecular flexibility index (Phi) is 7.54. The summed E-state index contributed by atoms with van der Waals surface area (Å²) in [5.74, 6) is -0.155. The molecule has 0 spiro atoms. The number of nitrogens with zero attached hydrogens (tertiary/aromatic N) is 2. The highest BCUT2D eigenvalue weighted by Gasteiger charge is 2.08. The number of hydrogen-bond donors (Lipinski definition) is 1. The monoisotopic (exact) mass is 311 g/mol. The lowest BCUT2D eigenvalue weighted by Crippen LogP contribution is -2.25. The van der Waals surface area contributed by atoms with Crippen molar-refractivity contribution in [1.29, 1.82) is 0 Å². The molecule has 1 aromatic rings. The number of benzene rings is 1. The third-order valence-electron chi connectivity index (χ3n) is 3.33. The lowest BCUT2D eigenvalue weighted by atomic mass is 10.1. The predicted molar refractivity (Wildman–Crippen MR) is 98.5 cm³/mol. The number of carbonyl (C=O) groups excluding carboxylic acids is 1. The summed E-state index contributed by atoms with van der Waals surface area (Å²) >= 11 is 0. The van der Waals surface area contributed by atoms with Gasteiger partial charge in [-0.15, -0.1) is 0 Å². The van der Waals surface area contributed by atoms with E-state index in [1.165, 1.54) is 12.4 Å². The van der Waals surface area contributed by atoms with E-state index < -0.39 is 0 Å². The van der Waals surface area contributed by atoms with Gasteiger partial charge in [0.2, 0.25) is 0 Å². The van der Waals surface area contributed by atoms with Gasteiger partial charge in [0.05, 0.1) is 5.57 Å². The lowest BCUT2D eigenvalue weighted by Gasteiger charge is -2.24. The number of hydrogen-bond acceptors (Lipinski definition) is 3. The number of aliphatic imine (C=N–C) groups is 1. The SMILES string of the molecule is C=C/N=C\C(=C/C)C(=O)NCc1ccc(N(C=C)C(C)C)cc1. The summed E-state index contributed by atoms with van der Waals surface area (Å²) in [5, 5.41) is 2.88. The number of amides is 1. The first-order chi connectivity index (χ1) is 11.0. The quantitative estimate of drug-likeness (QED) is 0.586. The molecule has 0 saturated carbocycles. The van der Waals surface area contributed by atoms with Crippen molar-refractivity contribution >= 4 is 17.8 Å². The van der Waals surface area contributed by atoms with Crippen molar-refractivity contribution in [2.75, 3.05) is 4.90 Å². The van der Waals surface area contributed by atoms with Gasteiger partial charge >= 0.3 is 0 Å². The van der Waals surface area contributed by atoms with Crippen LogP contribution in [0.1, 0.15) is 26.3 Å². The van der Waals surface area contributed by atoms with Crippen LogP contribution < -0.4 is 10.2 Å². The average Bonchev–Trinajstić information content (AvgIpc) is 2.55. The van der Waals surface area contributed by atoms with Crippen molar-refractivity contribution in [2.24, 2.45) is 4.99 Å². The van der Waals surface area contributed by atoms with Gasteiger partial charge in [0.25, 0.3) is 5.91 Å². The van der Waals surface area contributed by atoms with Crippen molar-refractivity contribution in [3.05, 3.63) is 67.0 Å². The largest absolute Gasteiger partial charge is 0.348 e. The molecule has 0 bridgehead atoms. The fourth-order valence-electron chi connectivity index (χ4n) is 2.08. The van der Waals surface area contributed by atoms with E-state index in [1.54, 1.807) is 13.0 Å². The first kappa shape index (κ1) is 18.4. The van der Waals surface area contributed by atoms with Gasteiger partial charge in [-0.25, -0.2) is 0 Å². The minimum Gasteiger partial charge on any atom is -0.348 e. The predicted octanol–water partition coefficient (Wildman–Crippen LogP) is 3.82. The third kappa shape index (κ3) is 5.58. The zero-order valence-corrected chi connectivity index (χ0v) is 14.1. The molecule has 0 aliphatic carbocycles. The lowest BCUT2D eigenvalue weighted by molar-refractivity contribution is -0.117. The van der Waals surface area contributed by atoms with Gasteiger partial charge in [0.15, 0.2) is 0 Å². The summed E-state index contributed by atoms with van der Waals surface area (Å²) in [6.07, 6.45) is 6.43. The average molecular weight is 311 g/mol. The number of allylic oxidation sites excluding steroid dienone is 1. The van der Waals surface area contributed by atoms with Crippen LogP contribution >= 0.6 is 0 Å². The number of rotatable bonds is 8. The maximum Gasteiger partial charge on any atom is 0.252 e. The van der Waals surface area contributed by atoms with E-state index in [2.05, 4.69) is 42.2 Å². The Morgan fingerprint density at radius 1 is 1.30 bits per heavy atom. The van der Waals surface area contributed by atoms with Gasteiger partial charge in [-0.05, 0) is 44.7 Å².